The first-order chi connectivity index (χ1) is 14.5. The highest BCUT2D eigenvalue weighted by Gasteiger charge is 2.38. The standard InChI is InChI=1S/C24H38N6O/c1-23(2,3)15-26-18-9-8-17(28-21(18)25-6)16-10-12-24(4,5)20(14-16)29-22(31)19-11-13-27-30(19)7/h8-9,11,13,16,20,26H,10,12,14-15H2,1-7H3,(H,25,28)(H,29,31). The third-order valence-electron chi connectivity index (χ3n) is 6.34. The monoisotopic (exact) mass is 426 g/mol. The average Bonchev–Trinajstić information content (AvgIpc) is 3.13. The molecular formula is C24H38N6O. The van der Waals surface area contributed by atoms with E-state index in [0.29, 0.717) is 11.6 Å². The SMILES string of the molecule is CNc1nc(C2CCC(C)(C)C(NC(=O)c3ccnn3C)C2)ccc1NCC(C)(C)C. The van der Waals surface area contributed by atoms with Gasteiger partial charge in [-0.2, -0.15) is 5.10 Å². The number of carbonyl (C=O) groups is 1. The van der Waals surface area contributed by atoms with Gasteiger partial charge in [-0.05, 0) is 48.3 Å². The molecule has 2 aromatic rings. The third kappa shape index (κ3) is 5.57. The molecule has 2 heterocycles. The molecule has 31 heavy (non-hydrogen) atoms. The van der Waals surface area contributed by atoms with Crippen molar-refractivity contribution in [2.24, 2.45) is 17.9 Å². The Balaban J connectivity index is 1.75. The summed E-state index contributed by atoms with van der Waals surface area (Å²) in [5.74, 6) is 1.13. The van der Waals surface area contributed by atoms with Crippen LogP contribution in [0.1, 0.15) is 76.0 Å². The van der Waals surface area contributed by atoms with E-state index in [-0.39, 0.29) is 22.8 Å². The van der Waals surface area contributed by atoms with Gasteiger partial charge in [-0.15, -0.1) is 0 Å². The highest BCUT2D eigenvalue weighted by molar-refractivity contribution is 5.92. The molecule has 170 valence electrons. The number of hydrogen-bond acceptors (Lipinski definition) is 5. The lowest BCUT2D eigenvalue weighted by Crippen LogP contribution is -2.48. The van der Waals surface area contributed by atoms with Crippen molar-refractivity contribution in [3.05, 3.63) is 35.8 Å². The van der Waals surface area contributed by atoms with Gasteiger partial charge in [-0.1, -0.05) is 34.6 Å². The molecule has 2 unspecified atom stereocenters. The van der Waals surface area contributed by atoms with Crippen LogP contribution in [0.25, 0.3) is 0 Å². The Morgan fingerprint density at radius 2 is 2.00 bits per heavy atom. The summed E-state index contributed by atoms with van der Waals surface area (Å²) in [6.07, 6.45) is 4.63. The third-order valence-corrected chi connectivity index (χ3v) is 6.34. The van der Waals surface area contributed by atoms with Crippen LogP contribution in [0, 0.1) is 10.8 Å². The van der Waals surface area contributed by atoms with E-state index >= 15 is 0 Å². The minimum absolute atomic E-state index is 0.0325. The second kappa shape index (κ2) is 8.89. The topological polar surface area (TPSA) is 83.9 Å². The van der Waals surface area contributed by atoms with Crippen molar-refractivity contribution in [2.45, 2.75) is 65.8 Å². The molecule has 1 fully saturated rings. The molecule has 7 heteroatoms. The summed E-state index contributed by atoms with van der Waals surface area (Å²) in [7, 11) is 3.71. The number of amides is 1. The maximum atomic E-state index is 12.8. The van der Waals surface area contributed by atoms with Crippen LogP contribution in [0.15, 0.2) is 24.4 Å². The largest absolute Gasteiger partial charge is 0.382 e. The molecule has 3 rings (SSSR count). The molecule has 2 aromatic heterocycles. The molecule has 1 saturated carbocycles. The van der Waals surface area contributed by atoms with Crippen molar-refractivity contribution in [3.8, 4) is 0 Å². The maximum Gasteiger partial charge on any atom is 0.269 e. The number of pyridine rings is 1. The highest BCUT2D eigenvalue weighted by Crippen LogP contribution is 2.43. The summed E-state index contributed by atoms with van der Waals surface area (Å²) in [6, 6.07) is 6.09. The van der Waals surface area contributed by atoms with Gasteiger partial charge in [0.05, 0.1) is 5.69 Å². The van der Waals surface area contributed by atoms with Crippen LogP contribution >= 0.6 is 0 Å². The van der Waals surface area contributed by atoms with Gasteiger partial charge in [-0.3, -0.25) is 9.48 Å². The van der Waals surface area contributed by atoms with Crippen molar-refractivity contribution < 1.29 is 4.79 Å². The fraction of sp³-hybridized carbons (Fsp3) is 0.625. The van der Waals surface area contributed by atoms with Crippen LogP contribution in [0.2, 0.25) is 0 Å². The van der Waals surface area contributed by atoms with Gasteiger partial charge in [0.15, 0.2) is 0 Å². The van der Waals surface area contributed by atoms with Gasteiger partial charge in [0, 0.05) is 44.5 Å². The van der Waals surface area contributed by atoms with Crippen LogP contribution in [0.5, 0.6) is 0 Å². The van der Waals surface area contributed by atoms with E-state index in [1.54, 1.807) is 24.0 Å². The molecule has 7 nitrogen and oxygen atoms in total. The highest BCUT2D eigenvalue weighted by atomic mass is 16.2. The van der Waals surface area contributed by atoms with Gasteiger partial charge in [0.25, 0.3) is 5.91 Å². The fourth-order valence-corrected chi connectivity index (χ4v) is 4.19. The Morgan fingerprint density at radius 1 is 1.26 bits per heavy atom. The number of nitrogens with one attached hydrogen (secondary N) is 3. The first-order valence-electron chi connectivity index (χ1n) is 11.2. The lowest BCUT2D eigenvalue weighted by atomic mass is 9.68. The van der Waals surface area contributed by atoms with Gasteiger partial charge in [0.2, 0.25) is 0 Å². The van der Waals surface area contributed by atoms with Crippen molar-refractivity contribution in [1.29, 1.82) is 0 Å². The van der Waals surface area contributed by atoms with Crippen LogP contribution in [0.4, 0.5) is 11.5 Å². The van der Waals surface area contributed by atoms with Crippen LogP contribution < -0.4 is 16.0 Å². The van der Waals surface area contributed by atoms with Crippen molar-refractivity contribution in [3.63, 3.8) is 0 Å². The van der Waals surface area contributed by atoms with Gasteiger partial charge in [0.1, 0.15) is 11.5 Å². The van der Waals surface area contributed by atoms with Crippen LogP contribution in [0.3, 0.4) is 0 Å². The number of carbonyl (C=O) groups excluding carboxylic acids is 1. The molecule has 2 atom stereocenters. The Bertz CT molecular complexity index is 911. The van der Waals surface area contributed by atoms with Gasteiger partial charge >= 0.3 is 0 Å². The van der Waals surface area contributed by atoms with Crippen LogP contribution in [-0.4, -0.2) is 40.3 Å². The summed E-state index contributed by atoms with van der Waals surface area (Å²) in [6.45, 7) is 12.0. The van der Waals surface area contributed by atoms with E-state index in [0.717, 1.165) is 43.0 Å². The lowest BCUT2D eigenvalue weighted by Gasteiger charge is -2.42. The second-order valence-electron chi connectivity index (χ2n) is 10.6. The number of anilines is 2. The predicted octanol–water partition coefficient (Wildman–Crippen LogP) is 4.41. The van der Waals surface area contributed by atoms with E-state index in [4.69, 9.17) is 4.98 Å². The Hall–Kier alpha value is -2.57. The summed E-state index contributed by atoms with van der Waals surface area (Å²) in [5.41, 5.74) is 2.92. The first kappa shape index (κ1) is 23.1. The molecular weight excluding hydrogens is 388 g/mol. The van der Waals surface area contributed by atoms with Crippen molar-refractivity contribution in [1.82, 2.24) is 20.1 Å². The van der Waals surface area contributed by atoms with E-state index in [2.05, 4.69) is 67.8 Å². The summed E-state index contributed by atoms with van der Waals surface area (Å²) in [4.78, 5) is 17.8. The zero-order valence-electron chi connectivity index (χ0n) is 20.0. The average molecular weight is 427 g/mol. The molecule has 1 aliphatic carbocycles. The normalized spacial score (nSPS) is 20.9. The Morgan fingerprint density at radius 3 is 2.61 bits per heavy atom. The van der Waals surface area contributed by atoms with Crippen molar-refractivity contribution in [2.75, 3.05) is 24.2 Å². The summed E-state index contributed by atoms with van der Waals surface area (Å²) < 4.78 is 1.62. The van der Waals surface area contributed by atoms with Crippen LogP contribution in [-0.2, 0) is 7.05 Å². The minimum Gasteiger partial charge on any atom is -0.382 e. The molecule has 0 saturated heterocycles. The molecule has 0 spiro atoms. The van der Waals surface area contributed by atoms with Gasteiger partial charge < -0.3 is 16.0 Å². The summed E-state index contributed by atoms with van der Waals surface area (Å²) >= 11 is 0. The first-order valence-corrected chi connectivity index (χ1v) is 11.2. The Labute approximate surface area is 186 Å². The minimum atomic E-state index is -0.0654. The molecule has 0 aliphatic heterocycles. The van der Waals surface area contributed by atoms with E-state index in [1.807, 2.05) is 7.05 Å². The zero-order valence-corrected chi connectivity index (χ0v) is 20.0. The molecule has 0 aromatic carbocycles. The molecule has 0 radical (unpaired) electrons. The molecule has 3 N–H and O–H groups in total. The molecule has 1 amide bonds. The summed E-state index contributed by atoms with van der Waals surface area (Å²) in [5, 5.41) is 14.1. The fourth-order valence-electron chi connectivity index (χ4n) is 4.19. The molecule has 0 bridgehead atoms. The Kier molecular flexibility index (Phi) is 6.62. The number of nitrogens with zero attached hydrogens (tertiary/aromatic N) is 3. The lowest BCUT2D eigenvalue weighted by molar-refractivity contribution is 0.0827. The number of aryl methyl sites for hydroxylation is 1. The number of rotatable bonds is 6. The number of hydrogen-bond donors (Lipinski definition) is 3. The maximum absolute atomic E-state index is 12.8. The van der Waals surface area contributed by atoms with Crippen molar-refractivity contribution >= 4 is 17.4 Å². The smallest absolute Gasteiger partial charge is 0.269 e. The zero-order chi connectivity index (χ0) is 22.8. The predicted molar refractivity (Wildman–Crippen MR) is 127 cm³/mol. The number of aromatic nitrogens is 3. The quantitative estimate of drug-likeness (QED) is 0.637. The second-order valence-corrected chi connectivity index (χ2v) is 10.6. The van der Waals surface area contributed by atoms with E-state index in [9.17, 15) is 4.79 Å². The van der Waals surface area contributed by atoms with Gasteiger partial charge in [-0.25, -0.2) is 4.98 Å². The molecule has 1 aliphatic rings. The van der Waals surface area contributed by atoms with E-state index in [1.165, 1.54) is 0 Å². The van der Waals surface area contributed by atoms with E-state index < -0.39 is 0 Å².